The molecular weight excluding hydrogens is 969 g/mol. The minimum Gasteiger partial charge on any atom is -0.483 e. The minimum atomic E-state index is -0.894. The van der Waals surface area contributed by atoms with Gasteiger partial charge in [-0.3, -0.25) is 0 Å². The summed E-state index contributed by atoms with van der Waals surface area (Å²) in [5, 5.41) is 5.38. The monoisotopic (exact) mass is 1020 g/mol. The maximum atomic E-state index is 7.62. The Morgan fingerprint density at radius 2 is 1.01 bits per heavy atom. The molecule has 0 spiro atoms. The average molecular weight is 1020 g/mol. The van der Waals surface area contributed by atoms with Crippen molar-refractivity contribution in [3.05, 3.63) is 299 Å². The lowest BCUT2D eigenvalue weighted by molar-refractivity contribution is 0.255. The van der Waals surface area contributed by atoms with Gasteiger partial charge in [0.05, 0.1) is 34.1 Å². The standard InChI is InChI=1S/C73H48N2O4/c1-5-23-45(24-6-1)73(46-25-7-2-8-26-46)55-44-60(75(48-29-11-4-12-30-48)58-38-22-36-52-50-32-14-18-40-62(50)77-70(52)58)71-66(54-34-16-20-42-64(54)78-71)67(55)68-56(73)43-59(65-53-33-15-19-41-63(53)79-72(65)68)74(47-27-9-3-10-28-47)57-37-21-35-51-49-31-13-17-39-61(49)76-69(51)57/h1-14,16-32,34-44,66,71H,15,33H2. The van der Waals surface area contributed by atoms with E-state index in [0.717, 1.165) is 141 Å². The van der Waals surface area contributed by atoms with E-state index in [1.54, 1.807) is 0 Å². The van der Waals surface area contributed by atoms with Crippen molar-refractivity contribution in [2.45, 2.75) is 30.3 Å². The van der Waals surface area contributed by atoms with Gasteiger partial charge in [-0.15, -0.1) is 0 Å². The van der Waals surface area contributed by atoms with Gasteiger partial charge in [0.2, 0.25) is 0 Å². The highest BCUT2D eigenvalue weighted by Gasteiger charge is 2.57. The number of nitrogens with zero attached hydrogens (tertiary/aromatic N) is 2. The van der Waals surface area contributed by atoms with Gasteiger partial charge < -0.3 is 27.8 Å². The fourth-order valence-corrected chi connectivity index (χ4v) is 14.0. The van der Waals surface area contributed by atoms with Crippen LogP contribution in [0.3, 0.4) is 0 Å². The molecule has 1 aliphatic heterocycles. The second-order valence-electron chi connectivity index (χ2n) is 21.2. The van der Waals surface area contributed by atoms with Gasteiger partial charge in [-0.05, 0) is 113 Å². The summed E-state index contributed by atoms with van der Waals surface area (Å²) in [7, 11) is 0. The van der Waals surface area contributed by atoms with Crippen molar-refractivity contribution in [1.82, 2.24) is 0 Å². The summed E-state index contributed by atoms with van der Waals surface area (Å²) in [6, 6.07) is 84.8. The van der Waals surface area contributed by atoms with Crippen molar-refractivity contribution in [2.24, 2.45) is 0 Å². The molecule has 6 nitrogen and oxygen atoms in total. The van der Waals surface area contributed by atoms with Gasteiger partial charge in [0.25, 0.3) is 0 Å². The molecule has 374 valence electrons. The number of aryl methyl sites for hydroxylation is 1. The van der Waals surface area contributed by atoms with Crippen LogP contribution in [0.2, 0.25) is 0 Å². The van der Waals surface area contributed by atoms with Crippen LogP contribution in [-0.2, 0) is 11.8 Å². The van der Waals surface area contributed by atoms with Crippen molar-refractivity contribution < 1.29 is 18.0 Å². The van der Waals surface area contributed by atoms with E-state index in [4.69, 9.17) is 18.0 Å². The maximum Gasteiger partial charge on any atom is 0.159 e. The molecule has 0 N–H and O–H groups in total. The number of para-hydroxylation sites is 7. The Morgan fingerprint density at radius 1 is 0.468 bits per heavy atom. The normalized spacial score (nSPS) is 16.7. The van der Waals surface area contributed by atoms with Gasteiger partial charge >= 0.3 is 0 Å². The summed E-state index contributed by atoms with van der Waals surface area (Å²) in [4.78, 5) is 4.84. The summed E-state index contributed by atoms with van der Waals surface area (Å²) in [5.41, 5.74) is 18.5. The first kappa shape index (κ1) is 44.1. The molecule has 79 heavy (non-hydrogen) atoms. The molecule has 0 saturated carbocycles. The van der Waals surface area contributed by atoms with Crippen LogP contribution in [-0.4, -0.2) is 6.10 Å². The first-order valence-electron chi connectivity index (χ1n) is 27.4. The van der Waals surface area contributed by atoms with E-state index >= 15 is 0 Å². The van der Waals surface area contributed by atoms with Gasteiger partial charge in [-0.1, -0.05) is 182 Å². The lowest BCUT2D eigenvalue weighted by Gasteiger charge is -2.40. The largest absolute Gasteiger partial charge is 0.483 e. The lowest BCUT2D eigenvalue weighted by Crippen LogP contribution is -2.37. The van der Waals surface area contributed by atoms with Gasteiger partial charge in [-0.2, -0.15) is 0 Å². The average Bonchev–Trinajstić information content (AvgIpc) is 4.52. The van der Waals surface area contributed by atoms with Crippen LogP contribution in [0.1, 0.15) is 51.5 Å². The predicted octanol–water partition coefficient (Wildman–Crippen LogP) is 19.0. The highest BCUT2D eigenvalue weighted by Crippen LogP contribution is 2.67. The van der Waals surface area contributed by atoms with Crippen molar-refractivity contribution in [3.63, 3.8) is 0 Å². The molecule has 3 aliphatic carbocycles. The molecule has 10 aromatic carbocycles. The van der Waals surface area contributed by atoms with Gasteiger partial charge in [0.1, 0.15) is 34.4 Å². The Hall–Kier alpha value is -10.0. The van der Waals surface area contributed by atoms with Crippen LogP contribution in [0.15, 0.2) is 273 Å². The summed E-state index contributed by atoms with van der Waals surface area (Å²) >= 11 is 0. The molecule has 2 atom stereocenters. The smallest absolute Gasteiger partial charge is 0.159 e. The van der Waals surface area contributed by atoms with Crippen molar-refractivity contribution >= 4 is 94.9 Å². The molecule has 0 bridgehead atoms. The second-order valence-corrected chi connectivity index (χ2v) is 21.2. The highest BCUT2D eigenvalue weighted by molar-refractivity contribution is 6.15. The molecule has 2 unspecified atom stereocenters. The zero-order chi connectivity index (χ0) is 51.8. The number of fused-ring (bicyclic) bond motifs is 16. The van der Waals surface area contributed by atoms with Crippen molar-refractivity contribution in [3.8, 4) is 5.75 Å². The Bertz CT molecular complexity index is 4680. The fraction of sp³-hybridized carbons (Fsp3) is 0.0685. The number of furan rings is 3. The molecule has 17 rings (SSSR count). The van der Waals surface area contributed by atoms with Gasteiger partial charge in [0, 0.05) is 55.0 Å². The maximum absolute atomic E-state index is 7.62. The Kier molecular flexibility index (Phi) is 9.48. The van der Waals surface area contributed by atoms with E-state index in [-0.39, 0.29) is 5.92 Å². The van der Waals surface area contributed by atoms with Crippen LogP contribution in [0.25, 0.3) is 66.5 Å². The fourth-order valence-electron chi connectivity index (χ4n) is 14.0. The number of hydrogen-bond donors (Lipinski definition) is 0. The van der Waals surface area contributed by atoms with E-state index in [0.29, 0.717) is 0 Å². The first-order valence-corrected chi connectivity index (χ1v) is 27.4. The predicted molar refractivity (Wildman–Crippen MR) is 319 cm³/mol. The third-order valence-corrected chi connectivity index (χ3v) is 17.2. The first-order chi connectivity index (χ1) is 39.2. The molecule has 13 aromatic rings. The zero-order valence-electron chi connectivity index (χ0n) is 42.8. The summed E-state index contributed by atoms with van der Waals surface area (Å²) < 4.78 is 29.1. The molecule has 0 fully saturated rings. The number of rotatable bonds is 8. The summed E-state index contributed by atoms with van der Waals surface area (Å²) in [6.07, 6.45) is 8.20. The SMILES string of the molecule is C1=Cc2oc3c4c(cc(N(c5ccccc5)c5cccc6c5oc5ccccc56)c3c2CC1)C(c1ccccc1)(c1ccccc1)C1=C4C2c3ccccc3OC2C(N(c2ccccc2)c2cccc3c2oc2ccccc23)=C1. The lowest BCUT2D eigenvalue weighted by atomic mass is 9.65. The van der Waals surface area contributed by atoms with Crippen LogP contribution < -0.4 is 14.5 Å². The Morgan fingerprint density at radius 3 is 1.66 bits per heavy atom. The molecule has 6 heteroatoms. The third kappa shape index (κ3) is 6.22. The minimum absolute atomic E-state index is 0.262. The Labute approximate surface area is 455 Å². The van der Waals surface area contributed by atoms with Gasteiger partial charge in [0.15, 0.2) is 11.2 Å². The van der Waals surface area contributed by atoms with Gasteiger partial charge in [-0.25, -0.2) is 0 Å². The molecule has 0 radical (unpaired) electrons. The number of hydrogen-bond acceptors (Lipinski definition) is 6. The second kappa shape index (κ2) is 17.0. The quantitative estimate of drug-likeness (QED) is 0.151. The number of anilines is 5. The van der Waals surface area contributed by atoms with E-state index in [1.165, 1.54) is 16.7 Å². The van der Waals surface area contributed by atoms with Crippen LogP contribution in [0.5, 0.6) is 5.75 Å². The molecule has 4 aliphatic rings. The number of ether oxygens (including phenoxy) is 1. The molecule has 3 aromatic heterocycles. The summed E-state index contributed by atoms with van der Waals surface area (Å²) in [6.45, 7) is 0. The van der Waals surface area contributed by atoms with Crippen LogP contribution in [0, 0.1) is 0 Å². The van der Waals surface area contributed by atoms with Crippen LogP contribution in [0.4, 0.5) is 28.4 Å². The highest BCUT2D eigenvalue weighted by atomic mass is 16.5. The third-order valence-electron chi connectivity index (χ3n) is 17.2. The zero-order valence-corrected chi connectivity index (χ0v) is 42.8. The van der Waals surface area contributed by atoms with Crippen molar-refractivity contribution in [1.29, 1.82) is 0 Å². The molecule has 4 heterocycles. The van der Waals surface area contributed by atoms with E-state index in [1.807, 2.05) is 12.1 Å². The van der Waals surface area contributed by atoms with Crippen molar-refractivity contribution in [2.75, 3.05) is 9.80 Å². The number of allylic oxidation sites excluding steroid dienone is 3. The van der Waals surface area contributed by atoms with Crippen LogP contribution >= 0.6 is 0 Å². The Balaban J connectivity index is 1.04. The topological polar surface area (TPSA) is 55.1 Å². The van der Waals surface area contributed by atoms with E-state index < -0.39 is 11.5 Å². The molecule has 0 saturated heterocycles. The number of benzene rings is 10. The molecular formula is C73H48N2O4. The molecule has 0 amide bonds. The summed E-state index contributed by atoms with van der Waals surface area (Å²) in [5.74, 6) is 1.50. The van der Waals surface area contributed by atoms with E-state index in [9.17, 15) is 0 Å². The van der Waals surface area contributed by atoms with E-state index in [2.05, 4.69) is 252 Å².